The van der Waals surface area contributed by atoms with Crippen molar-refractivity contribution in [2.75, 3.05) is 0 Å². The quantitative estimate of drug-likeness (QED) is 0.717. The fourth-order valence-electron chi connectivity index (χ4n) is 2.19. The second-order valence-corrected chi connectivity index (χ2v) is 4.85. The zero-order chi connectivity index (χ0) is 15.2. The molecule has 0 saturated heterocycles. The summed E-state index contributed by atoms with van der Waals surface area (Å²) in [5.41, 5.74) is 2.61. The standard InChI is InChI=1S/C18H15N3O/c22-17-12-11-16(13-19-17)20-21-18(14-7-3-1-4-8-14)15-9-5-2-6-10-15/h1-13,18H,(H,19,22). The molecule has 0 saturated carbocycles. The van der Waals surface area contributed by atoms with Gasteiger partial charge in [-0.25, -0.2) is 0 Å². The lowest BCUT2D eigenvalue weighted by molar-refractivity contribution is 0.808. The summed E-state index contributed by atoms with van der Waals surface area (Å²) < 4.78 is 0. The van der Waals surface area contributed by atoms with E-state index >= 15 is 0 Å². The molecule has 3 aromatic rings. The van der Waals surface area contributed by atoms with Crippen molar-refractivity contribution in [3.05, 3.63) is 100 Å². The maximum absolute atomic E-state index is 11.1. The summed E-state index contributed by atoms with van der Waals surface area (Å²) in [6, 6.07) is 22.9. The number of rotatable bonds is 4. The van der Waals surface area contributed by atoms with Gasteiger partial charge in [-0.05, 0) is 17.2 Å². The monoisotopic (exact) mass is 289 g/mol. The second-order valence-electron chi connectivity index (χ2n) is 4.85. The minimum atomic E-state index is -0.172. The summed E-state index contributed by atoms with van der Waals surface area (Å²) >= 11 is 0. The van der Waals surface area contributed by atoms with Gasteiger partial charge in [0, 0.05) is 12.3 Å². The van der Waals surface area contributed by atoms with Gasteiger partial charge in [0.2, 0.25) is 5.56 Å². The Kier molecular flexibility index (Phi) is 4.20. The zero-order valence-electron chi connectivity index (χ0n) is 11.9. The summed E-state index contributed by atoms with van der Waals surface area (Å²) in [4.78, 5) is 13.7. The van der Waals surface area contributed by atoms with Crippen molar-refractivity contribution in [1.82, 2.24) is 4.98 Å². The fraction of sp³-hybridized carbons (Fsp3) is 0.0556. The molecule has 0 aliphatic rings. The Balaban J connectivity index is 1.95. The number of hydrogen-bond donors (Lipinski definition) is 1. The van der Waals surface area contributed by atoms with Crippen LogP contribution >= 0.6 is 0 Å². The molecule has 0 spiro atoms. The van der Waals surface area contributed by atoms with E-state index in [2.05, 4.69) is 15.2 Å². The Labute approximate surface area is 128 Å². The van der Waals surface area contributed by atoms with Gasteiger partial charge in [-0.2, -0.15) is 10.2 Å². The van der Waals surface area contributed by atoms with Crippen LogP contribution in [0.5, 0.6) is 0 Å². The van der Waals surface area contributed by atoms with Gasteiger partial charge in [-0.1, -0.05) is 60.7 Å². The molecule has 22 heavy (non-hydrogen) atoms. The molecular weight excluding hydrogens is 274 g/mol. The highest BCUT2D eigenvalue weighted by Crippen LogP contribution is 2.27. The highest BCUT2D eigenvalue weighted by atomic mass is 16.1. The molecule has 2 aromatic carbocycles. The Morgan fingerprint density at radius 1 is 0.773 bits per heavy atom. The maximum atomic E-state index is 11.1. The molecule has 1 aromatic heterocycles. The SMILES string of the molecule is O=c1ccc(N=NC(c2ccccc2)c2ccccc2)c[nH]1. The van der Waals surface area contributed by atoms with Gasteiger partial charge in [0.1, 0.15) is 11.7 Å². The molecule has 4 nitrogen and oxygen atoms in total. The lowest BCUT2D eigenvalue weighted by Gasteiger charge is -2.12. The number of hydrogen-bond acceptors (Lipinski definition) is 3. The Morgan fingerprint density at radius 3 is 1.86 bits per heavy atom. The fourth-order valence-corrected chi connectivity index (χ4v) is 2.19. The molecule has 0 atom stereocenters. The molecular formula is C18H15N3O. The van der Waals surface area contributed by atoms with Crippen LogP contribution in [0.3, 0.4) is 0 Å². The minimum Gasteiger partial charge on any atom is -0.327 e. The topological polar surface area (TPSA) is 57.6 Å². The van der Waals surface area contributed by atoms with Crippen molar-refractivity contribution in [2.24, 2.45) is 10.2 Å². The van der Waals surface area contributed by atoms with E-state index in [0.29, 0.717) is 5.69 Å². The van der Waals surface area contributed by atoms with Crippen LogP contribution in [0.4, 0.5) is 5.69 Å². The molecule has 4 heteroatoms. The Bertz CT molecular complexity index is 751. The average Bonchev–Trinajstić information content (AvgIpc) is 2.59. The predicted molar refractivity (Wildman–Crippen MR) is 86.3 cm³/mol. The smallest absolute Gasteiger partial charge is 0.248 e. The first-order valence-electron chi connectivity index (χ1n) is 7.02. The first-order chi connectivity index (χ1) is 10.8. The van der Waals surface area contributed by atoms with Gasteiger partial charge < -0.3 is 4.98 Å². The first kappa shape index (κ1) is 13.9. The van der Waals surface area contributed by atoms with E-state index < -0.39 is 0 Å². The normalized spacial score (nSPS) is 11.1. The number of nitrogens with one attached hydrogen (secondary N) is 1. The van der Waals surface area contributed by atoms with Crippen LogP contribution < -0.4 is 5.56 Å². The third kappa shape index (κ3) is 3.35. The molecule has 0 unspecified atom stereocenters. The minimum absolute atomic E-state index is 0.151. The van der Waals surface area contributed by atoms with Crippen LogP contribution in [-0.4, -0.2) is 4.98 Å². The number of aromatic nitrogens is 1. The number of aromatic amines is 1. The summed E-state index contributed by atoms with van der Waals surface area (Å²) in [6.45, 7) is 0. The summed E-state index contributed by atoms with van der Waals surface area (Å²) in [5, 5.41) is 8.72. The Hall–Kier alpha value is -3.01. The molecule has 0 fully saturated rings. The highest BCUT2D eigenvalue weighted by molar-refractivity contribution is 5.34. The maximum Gasteiger partial charge on any atom is 0.248 e. The van der Waals surface area contributed by atoms with Crippen molar-refractivity contribution in [3.8, 4) is 0 Å². The molecule has 1 N–H and O–H groups in total. The van der Waals surface area contributed by atoms with Crippen molar-refractivity contribution in [3.63, 3.8) is 0 Å². The summed E-state index contributed by atoms with van der Waals surface area (Å²) in [7, 11) is 0. The van der Waals surface area contributed by atoms with Crippen molar-refractivity contribution in [1.29, 1.82) is 0 Å². The number of pyridine rings is 1. The third-order valence-corrected chi connectivity index (χ3v) is 3.29. The largest absolute Gasteiger partial charge is 0.327 e. The highest BCUT2D eigenvalue weighted by Gasteiger charge is 2.12. The van der Waals surface area contributed by atoms with E-state index in [9.17, 15) is 4.79 Å². The molecule has 1 heterocycles. The van der Waals surface area contributed by atoms with Crippen LogP contribution in [0.15, 0.2) is 94.0 Å². The molecule has 3 rings (SSSR count). The number of benzene rings is 2. The Morgan fingerprint density at radius 2 is 1.36 bits per heavy atom. The lowest BCUT2D eigenvalue weighted by Crippen LogP contribution is -2.00. The molecule has 0 bridgehead atoms. The van der Waals surface area contributed by atoms with Crippen LogP contribution in [0.1, 0.15) is 17.2 Å². The van der Waals surface area contributed by atoms with Crippen LogP contribution in [0, 0.1) is 0 Å². The van der Waals surface area contributed by atoms with E-state index in [1.165, 1.54) is 6.07 Å². The van der Waals surface area contributed by atoms with E-state index in [4.69, 9.17) is 0 Å². The van der Waals surface area contributed by atoms with Crippen molar-refractivity contribution in [2.45, 2.75) is 6.04 Å². The molecule has 0 radical (unpaired) electrons. The number of H-pyrrole nitrogens is 1. The van der Waals surface area contributed by atoms with Crippen molar-refractivity contribution >= 4 is 5.69 Å². The molecule has 0 amide bonds. The van der Waals surface area contributed by atoms with E-state index in [1.807, 2.05) is 60.7 Å². The van der Waals surface area contributed by atoms with E-state index in [0.717, 1.165) is 11.1 Å². The van der Waals surface area contributed by atoms with Gasteiger partial charge in [0.25, 0.3) is 0 Å². The summed E-state index contributed by atoms with van der Waals surface area (Å²) in [6.07, 6.45) is 1.55. The number of azo groups is 1. The van der Waals surface area contributed by atoms with E-state index in [-0.39, 0.29) is 11.6 Å². The summed E-state index contributed by atoms with van der Waals surface area (Å²) in [5.74, 6) is 0. The van der Waals surface area contributed by atoms with Gasteiger partial charge in [0.05, 0.1) is 0 Å². The van der Waals surface area contributed by atoms with Crippen LogP contribution in [0.2, 0.25) is 0 Å². The van der Waals surface area contributed by atoms with Gasteiger partial charge in [-0.3, -0.25) is 4.79 Å². The molecule has 0 aliphatic carbocycles. The third-order valence-electron chi connectivity index (χ3n) is 3.29. The van der Waals surface area contributed by atoms with Crippen LogP contribution in [-0.2, 0) is 0 Å². The van der Waals surface area contributed by atoms with Gasteiger partial charge >= 0.3 is 0 Å². The lowest BCUT2D eigenvalue weighted by atomic mass is 10.00. The zero-order valence-corrected chi connectivity index (χ0v) is 11.9. The van der Waals surface area contributed by atoms with Crippen molar-refractivity contribution < 1.29 is 0 Å². The average molecular weight is 289 g/mol. The second kappa shape index (κ2) is 6.63. The van der Waals surface area contributed by atoms with Crippen LogP contribution in [0.25, 0.3) is 0 Å². The van der Waals surface area contributed by atoms with E-state index in [1.54, 1.807) is 12.3 Å². The van der Waals surface area contributed by atoms with Gasteiger partial charge in [-0.15, -0.1) is 0 Å². The molecule has 0 aliphatic heterocycles. The van der Waals surface area contributed by atoms with Gasteiger partial charge in [0.15, 0.2) is 0 Å². The predicted octanol–water partition coefficient (Wildman–Crippen LogP) is 4.25. The number of nitrogens with zero attached hydrogens (tertiary/aromatic N) is 2. The first-order valence-corrected chi connectivity index (χ1v) is 7.02. The molecule has 108 valence electrons.